The maximum atomic E-state index is 11.4. The first-order valence-corrected chi connectivity index (χ1v) is 13.6. The zero-order valence-corrected chi connectivity index (χ0v) is 18.9. The average molecular weight is 474 g/mol. The molecular formula is C22H24N2O6P2+2. The van der Waals surface area contributed by atoms with Crippen molar-refractivity contribution in [3.63, 3.8) is 0 Å². The second kappa shape index (κ2) is 8.83. The van der Waals surface area contributed by atoms with Crippen LogP contribution in [-0.4, -0.2) is 31.9 Å². The van der Waals surface area contributed by atoms with Gasteiger partial charge in [0.15, 0.2) is 37.9 Å². The molecule has 0 spiro atoms. The summed E-state index contributed by atoms with van der Waals surface area (Å²) >= 11 is 0. The minimum absolute atomic E-state index is 0.158. The molecule has 0 saturated heterocycles. The van der Waals surface area contributed by atoms with Gasteiger partial charge >= 0.3 is 15.2 Å². The van der Waals surface area contributed by atoms with E-state index in [-0.39, 0.29) is 25.4 Å². The van der Waals surface area contributed by atoms with Gasteiger partial charge in [0.25, 0.3) is 0 Å². The monoisotopic (exact) mass is 474 g/mol. The van der Waals surface area contributed by atoms with E-state index < -0.39 is 15.2 Å². The topological polar surface area (TPSA) is 123 Å². The van der Waals surface area contributed by atoms with Gasteiger partial charge in [-0.2, -0.15) is 0 Å². The smallest absolute Gasteiger partial charge is 0.324 e. The van der Waals surface area contributed by atoms with Gasteiger partial charge in [0.05, 0.1) is 11.1 Å². The predicted molar refractivity (Wildman–Crippen MR) is 121 cm³/mol. The van der Waals surface area contributed by atoms with Crippen molar-refractivity contribution in [2.75, 3.05) is 12.3 Å². The van der Waals surface area contributed by atoms with Crippen molar-refractivity contribution in [2.45, 2.75) is 13.1 Å². The Morgan fingerprint density at radius 1 is 0.594 bits per heavy atom. The number of aryl methyl sites for hydroxylation is 2. The third-order valence-electron chi connectivity index (χ3n) is 5.29. The Kier molecular flexibility index (Phi) is 6.28. The van der Waals surface area contributed by atoms with E-state index in [1.54, 1.807) is 9.13 Å². The zero-order valence-electron chi connectivity index (χ0n) is 17.2. The SMILES string of the molecule is O=P(O)(O)CC[n+]1cc(-c2c[n+](CCP(=O)(O)O)cc3ccccc23)c2ccccc2c1. The maximum Gasteiger partial charge on any atom is 0.331 e. The van der Waals surface area contributed by atoms with Gasteiger partial charge in [-0.3, -0.25) is 9.13 Å². The third-order valence-corrected chi connectivity index (χ3v) is 6.86. The Morgan fingerprint density at radius 2 is 0.969 bits per heavy atom. The molecule has 4 aromatic rings. The maximum absolute atomic E-state index is 11.4. The predicted octanol–water partition coefficient (Wildman–Crippen LogP) is 2.59. The summed E-state index contributed by atoms with van der Waals surface area (Å²) in [5, 5.41) is 3.78. The quantitative estimate of drug-likeness (QED) is 0.241. The van der Waals surface area contributed by atoms with E-state index in [1.165, 1.54) is 0 Å². The van der Waals surface area contributed by atoms with Crippen LogP contribution >= 0.6 is 15.2 Å². The van der Waals surface area contributed by atoms with Crippen LogP contribution in [0.25, 0.3) is 32.7 Å². The minimum atomic E-state index is -4.15. The van der Waals surface area contributed by atoms with Crippen LogP contribution in [0.5, 0.6) is 0 Å². The van der Waals surface area contributed by atoms with Crippen LogP contribution in [0.4, 0.5) is 0 Å². The van der Waals surface area contributed by atoms with E-state index in [9.17, 15) is 28.7 Å². The van der Waals surface area contributed by atoms with Crippen LogP contribution in [-0.2, 0) is 22.2 Å². The van der Waals surface area contributed by atoms with Crippen molar-refractivity contribution in [1.29, 1.82) is 0 Å². The molecule has 32 heavy (non-hydrogen) atoms. The molecular weight excluding hydrogens is 450 g/mol. The molecule has 0 saturated carbocycles. The number of pyridine rings is 2. The van der Waals surface area contributed by atoms with Crippen molar-refractivity contribution >= 4 is 36.7 Å². The summed E-state index contributed by atoms with van der Waals surface area (Å²) in [5.74, 6) is 0. The summed E-state index contributed by atoms with van der Waals surface area (Å²) < 4.78 is 26.4. The van der Waals surface area contributed by atoms with E-state index in [0.717, 1.165) is 32.7 Å². The van der Waals surface area contributed by atoms with E-state index in [4.69, 9.17) is 0 Å². The molecule has 10 heteroatoms. The highest BCUT2D eigenvalue weighted by Gasteiger charge is 2.22. The van der Waals surface area contributed by atoms with Gasteiger partial charge in [0, 0.05) is 21.5 Å². The number of fused-ring (bicyclic) bond motifs is 2. The van der Waals surface area contributed by atoms with E-state index in [1.807, 2.05) is 73.3 Å². The van der Waals surface area contributed by atoms with Crippen LogP contribution in [0.1, 0.15) is 0 Å². The molecule has 0 aliphatic carbocycles. The molecule has 0 radical (unpaired) electrons. The summed E-state index contributed by atoms with van der Waals surface area (Å²) in [6.07, 6.45) is 6.92. The molecule has 0 unspecified atom stereocenters. The number of benzene rings is 2. The summed E-state index contributed by atoms with van der Waals surface area (Å²) in [7, 11) is -8.30. The first-order valence-electron chi connectivity index (χ1n) is 10.0. The second-order valence-corrected chi connectivity index (χ2v) is 11.3. The second-order valence-electron chi connectivity index (χ2n) is 7.77. The molecule has 0 aliphatic heterocycles. The van der Waals surface area contributed by atoms with Crippen LogP contribution in [0.15, 0.2) is 73.3 Å². The highest BCUT2D eigenvalue weighted by Crippen LogP contribution is 2.35. The van der Waals surface area contributed by atoms with E-state index in [0.29, 0.717) is 0 Å². The van der Waals surface area contributed by atoms with Crippen molar-refractivity contribution < 1.29 is 37.8 Å². The van der Waals surface area contributed by atoms with Crippen LogP contribution in [0.3, 0.4) is 0 Å². The van der Waals surface area contributed by atoms with Crippen molar-refractivity contribution in [2.24, 2.45) is 0 Å². The lowest BCUT2D eigenvalue weighted by Gasteiger charge is -2.10. The van der Waals surface area contributed by atoms with Gasteiger partial charge in [-0.25, -0.2) is 9.13 Å². The molecule has 0 fully saturated rings. The fourth-order valence-electron chi connectivity index (χ4n) is 3.79. The number of nitrogens with zero attached hydrogens (tertiary/aromatic N) is 2. The van der Waals surface area contributed by atoms with Crippen molar-refractivity contribution in [3.8, 4) is 11.1 Å². The lowest BCUT2D eigenvalue weighted by atomic mass is 9.97. The molecule has 2 aromatic heterocycles. The summed E-state index contributed by atoms with van der Waals surface area (Å²) in [6.45, 7) is 0.316. The number of rotatable bonds is 7. The normalized spacial score (nSPS) is 12.5. The Morgan fingerprint density at radius 3 is 1.34 bits per heavy atom. The first-order chi connectivity index (χ1) is 15.1. The fraction of sp³-hybridized carbons (Fsp3) is 0.182. The van der Waals surface area contributed by atoms with E-state index in [2.05, 4.69) is 0 Å². The molecule has 166 valence electrons. The Hall–Kier alpha value is -2.44. The highest BCUT2D eigenvalue weighted by molar-refractivity contribution is 7.51. The Labute approximate surface area is 184 Å². The molecule has 2 aromatic carbocycles. The van der Waals surface area contributed by atoms with Gasteiger partial charge in [-0.05, 0) is 12.1 Å². The fourth-order valence-corrected chi connectivity index (χ4v) is 4.77. The third kappa shape index (κ3) is 5.48. The highest BCUT2D eigenvalue weighted by atomic mass is 31.2. The lowest BCUT2D eigenvalue weighted by molar-refractivity contribution is -0.692. The standard InChI is InChI=1S/C22H22N2O6P2/c25-31(26,27)11-9-23-13-17-5-1-3-7-19(17)21(15-23)22-16-24(10-12-32(28,29)30)14-18-6-2-4-8-20(18)22/h1-8,13-16H,9-12H2,(H2-2,25,26,27,28,29,30)/p+2. The first kappa shape index (κ1) is 22.7. The number of aromatic nitrogens is 2. The van der Waals surface area contributed by atoms with Gasteiger partial charge in [-0.15, -0.1) is 0 Å². The largest absolute Gasteiger partial charge is 0.331 e. The minimum Gasteiger partial charge on any atom is -0.324 e. The van der Waals surface area contributed by atoms with Gasteiger partial charge in [0.2, 0.25) is 0 Å². The Balaban J connectivity index is 1.91. The number of hydrogen-bond donors (Lipinski definition) is 4. The van der Waals surface area contributed by atoms with Crippen LogP contribution < -0.4 is 9.13 Å². The summed E-state index contributed by atoms with van der Waals surface area (Å²) in [5.41, 5.74) is 1.74. The van der Waals surface area contributed by atoms with Gasteiger partial charge < -0.3 is 19.6 Å². The molecule has 2 heterocycles. The van der Waals surface area contributed by atoms with Crippen LogP contribution in [0.2, 0.25) is 0 Å². The summed E-state index contributed by atoms with van der Waals surface area (Å²) in [6, 6.07) is 15.5. The molecule has 4 N–H and O–H groups in total. The van der Waals surface area contributed by atoms with Crippen molar-refractivity contribution in [3.05, 3.63) is 73.3 Å². The lowest BCUT2D eigenvalue weighted by Crippen LogP contribution is -2.36. The molecule has 0 atom stereocenters. The average Bonchev–Trinajstić information content (AvgIpc) is 2.74. The van der Waals surface area contributed by atoms with E-state index >= 15 is 0 Å². The molecule has 0 amide bonds. The van der Waals surface area contributed by atoms with Crippen molar-refractivity contribution in [1.82, 2.24) is 0 Å². The zero-order chi connectivity index (χ0) is 22.9. The molecule has 0 bridgehead atoms. The molecule has 8 nitrogen and oxygen atoms in total. The Bertz CT molecular complexity index is 1290. The van der Waals surface area contributed by atoms with Crippen LogP contribution in [0, 0.1) is 0 Å². The van der Waals surface area contributed by atoms with Gasteiger partial charge in [-0.1, -0.05) is 36.4 Å². The summed E-state index contributed by atoms with van der Waals surface area (Å²) in [4.78, 5) is 37.2. The number of hydrogen-bond acceptors (Lipinski definition) is 2. The van der Waals surface area contributed by atoms with Gasteiger partial charge in [0.1, 0.15) is 12.3 Å². The molecule has 4 rings (SSSR count). The molecule has 0 aliphatic rings.